The van der Waals surface area contributed by atoms with Crippen molar-refractivity contribution in [1.82, 2.24) is 0 Å². The van der Waals surface area contributed by atoms with Crippen molar-refractivity contribution < 1.29 is 19.1 Å². The van der Waals surface area contributed by atoms with E-state index in [1.54, 1.807) is 0 Å². The smallest absolute Gasteiger partial charge is 0.232 e. The Hall–Kier alpha value is -1.58. The topological polar surface area (TPSA) is 52.6 Å². The molecule has 0 radical (unpaired) electrons. The van der Waals surface area contributed by atoms with Crippen LogP contribution in [-0.2, 0) is 19.1 Å². The van der Waals surface area contributed by atoms with E-state index < -0.39 is 11.6 Å². The molecule has 28 heavy (non-hydrogen) atoms. The second kappa shape index (κ2) is 15.4. The van der Waals surface area contributed by atoms with Gasteiger partial charge in [0.15, 0.2) is 11.5 Å². The molecule has 1 rings (SSSR count). The molecule has 0 aromatic heterocycles. The summed E-state index contributed by atoms with van der Waals surface area (Å²) in [6, 6.07) is 0. The number of hydrogen-bond donors (Lipinski definition) is 0. The Bertz CT molecular complexity index is 531. The van der Waals surface area contributed by atoms with Crippen LogP contribution in [-0.4, -0.2) is 25.8 Å². The van der Waals surface area contributed by atoms with Crippen LogP contribution in [0.5, 0.6) is 0 Å². The summed E-state index contributed by atoms with van der Waals surface area (Å²) in [6.07, 6.45) is 19.9. The van der Waals surface area contributed by atoms with Crippen LogP contribution in [0.2, 0.25) is 0 Å². The van der Waals surface area contributed by atoms with E-state index in [4.69, 9.17) is 9.47 Å². The first-order valence-corrected chi connectivity index (χ1v) is 11.3. The number of methoxy groups -OCH3 is 2. The molecule has 0 aliphatic heterocycles. The van der Waals surface area contributed by atoms with Gasteiger partial charge in [-0.25, -0.2) is 0 Å². The SMILES string of the molecule is CCCCCCCCCCCCCCCCC1=C(OC)C(OC)=CC(=O)C1=O. The predicted octanol–water partition coefficient (Wildman–Crippen LogP) is 6.44. The molecule has 0 fully saturated rings. The number of carbonyl (C=O) groups is 2. The molecule has 160 valence electrons. The average molecular weight is 393 g/mol. The van der Waals surface area contributed by atoms with Crippen LogP contribution >= 0.6 is 0 Å². The molecular formula is C24H40O4. The normalized spacial score (nSPS) is 14.5. The van der Waals surface area contributed by atoms with Crippen molar-refractivity contribution in [3.8, 4) is 0 Å². The summed E-state index contributed by atoms with van der Waals surface area (Å²) >= 11 is 0. The highest BCUT2D eigenvalue weighted by Crippen LogP contribution is 2.26. The summed E-state index contributed by atoms with van der Waals surface area (Å²) in [4.78, 5) is 23.9. The zero-order valence-corrected chi connectivity index (χ0v) is 18.3. The second-order valence-corrected chi connectivity index (χ2v) is 7.76. The largest absolute Gasteiger partial charge is 0.493 e. The second-order valence-electron chi connectivity index (χ2n) is 7.76. The number of Topliss-reactive ketones (excluding diaryl/α,β-unsaturated/α-hetero) is 1. The van der Waals surface area contributed by atoms with E-state index in [9.17, 15) is 9.59 Å². The first-order valence-electron chi connectivity index (χ1n) is 11.3. The van der Waals surface area contributed by atoms with Crippen molar-refractivity contribution in [2.45, 2.75) is 103 Å². The number of unbranched alkanes of at least 4 members (excludes halogenated alkanes) is 13. The van der Waals surface area contributed by atoms with Gasteiger partial charge in [0.1, 0.15) is 0 Å². The van der Waals surface area contributed by atoms with Crippen LogP contribution < -0.4 is 0 Å². The minimum atomic E-state index is -0.516. The Balaban J connectivity index is 2.09. The predicted molar refractivity (Wildman–Crippen MR) is 114 cm³/mol. The first kappa shape index (κ1) is 24.5. The molecule has 0 heterocycles. The van der Waals surface area contributed by atoms with Crippen molar-refractivity contribution >= 4 is 11.6 Å². The van der Waals surface area contributed by atoms with Crippen molar-refractivity contribution in [2.75, 3.05) is 14.2 Å². The Morgan fingerprint density at radius 2 is 1.14 bits per heavy atom. The highest BCUT2D eigenvalue weighted by Gasteiger charge is 2.29. The van der Waals surface area contributed by atoms with Gasteiger partial charge in [-0.1, -0.05) is 90.4 Å². The van der Waals surface area contributed by atoms with Crippen molar-refractivity contribution in [3.05, 3.63) is 23.2 Å². The fourth-order valence-electron chi connectivity index (χ4n) is 3.75. The number of allylic oxidation sites excluding steroid dienone is 2. The maximum Gasteiger partial charge on any atom is 0.232 e. The third-order valence-electron chi connectivity index (χ3n) is 5.46. The third kappa shape index (κ3) is 9.07. The van der Waals surface area contributed by atoms with E-state index in [0.717, 1.165) is 12.8 Å². The van der Waals surface area contributed by atoms with Gasteiger partial charge in [0.25, 0.3) is 0 Å². The average Bonchev–Trinajstić information content (AvgIpc) is 2.70. The molecule has 0 N–H and O–H groups in total. The molecule has 1 aliphatic rings. The minimum Gasteiger partial charge on any atom is -0.493 e. The van der Waals surface area contributed by atoms with Gasteiger partial charge in [0.05, 0.1) is 14.2 Å². The van der Waals surface area contributed by atoms with Crippen LogP contribution in [0.4, 0.5) is 0 Å². The molecule has 4 nitrogen and oxygen atoms in total. The Labute approximate surface area is 171 Å². The molecule has 0 bridgehead atoms. The zero-order chi connectivity index (χ0) is 20.6. The van der Waals surface area contributed by atoms with Crippen LogP contribution in [0.1, 0.15) is 103 Å². The molecule has 0 amide bonds. The van der Waals surface area contributed by atoms with E-state index in [1.165, 1.54) is 97.3 Å². The molecule has 0 saturated carbocycles. The minimum absolute atomic E-state index is 0.354. The number of carbonyl (C=O) groups excluding carboxylic acids is 2. The molecule has 0 atom stereocenters. The van der Waals surface area contributed by atoms with Gasteiger partial charge in [-0.05, 0) is 12.8 Å². The summed E-state index contributed by atoms with van der Waals surface area (Å²) in [5.74, 6) is -0.195. The summed E-state index contributed by atoms with van der Waals surface area (Å²) in [7, 11) is 2.99. The van der Waals surface area contributed by atoms with Gasteiger partial charge in [0, 0.05) is 11.6 Å². The summed E-state index contributed by atoms with van der Waals surface area (Å²) < 4.78 is 10.5. The lowest BCUT2D eigenvalue weighted by Crippen LogP contribution is -2.22. The lowest BCUT2D eigenvalue weighted by molar-refractivity contribution is -0.132. The zero-order valence-electron chi connectivity index (χ0n) is 18.3. The number of ether oxygens (including phenoxy) is 2. The lowest BCUT2D eigenvalue weighted by atomic mass is 9.94. The first-order chi connectivity index (χ1) is 13.7. The summed E-state index contributed by atoms with van der Waals surface area (Å²) in [5.41, 5.74) is 0.464. The van der Waals surface area contributed by atoms with E-state index in [1.807, 2.05) is 0 Å². The maximum atomic E-state index is 12.1. The van der Waals surface area contributed by atoms with Gasteiger partial charge in [-0.3, -0.25) is 9.59 Å². The van der Waals surface area contributed by atoms with Crippen molar-refractivity contribution in [2.24, 2.45) is 0 Å². The van der Waals surface area contributed by atoms with Gasteiger partial charge in [0.2, 0.25) is 11.6 Å². The van der Waals surface area contributed by atoms with Crippen LogP contribution in [0.3, 0.4) is 0 Å². The molecule has 0 unspecified atom stereocenters. The summed E-state index contributed by atoms with van der Waals surface area (Å²) in [6.45, 7) is 2.26. The van der Waals surface area contributed by atoms with Gasteiger partial charge < -0.3 is 9.47 Å². The highest BCUT2D eigenvalue weighted by molar-refractivity contribution is 6.48. The van der Waals surface area contributed by atoms with Crippen LogP contribution in [0.15, 0.2) is 23.2 Å². The van der Waals surface area contributed by atoms with E-state index >= 15 is 0 Å². The quantitative estimate of drug-likeness (QED) is 0.162. The Morgan fingerprint density at radius 1 is 0.679 bits per heavy atom. The molecule has 4 heteroatoms. The monoisotopic (exact) mass is 392 g/mol. The van der Waals surface area contributed by atoms with Gasteiger partial charge >= 0.3 is 0 Å². The van der Waals surface area contributed by atoms with Crippen LogP contribution in [0.25, 0.3) is 0 Å². The van der Waals surface area contributed by atoms with E-state index in [0.29, 0.717) is 23.5 Å². The number of ketones is 2. The van der Waals surface area contributed by atoms with Crippen LogP contribution in [0, 0.1) is 0 Å². The standard InChI is InChI=1S/C24H40O4/c1-4-5-6-7-8-9-10-11-12-13-14-15-16-17-18-20-23(26)21(25)19-22(27-2)24(20)28-3/h19H,4-18H2,1-3H3. The van der Waals surface area contributed by atoms with E-state index in [-0.39, 0.29) is 0 Å². The Morgan fingerprint density at radius 3 is 1.57 bits per heavy atom. The van der Waals surface area contributed by atoms with E-state index in [2.05, 4.69) is 6.92 Å². The molecular weight excluding hydrogens is 352 g/mol. The molecule has 0 saturated heterocycles. The third-order valence-corrected chi connectivity index (χ3v) is 5.46. The lowest BCUT2D eigenvalue weighted by Gasteiger charge is -2.18. The number of hydrogen-bond acceptors (Lipinski definition) is 4. The van der Waals surface area contributed by atoms with Gasteiger partial charge in [-0.2, -0.15) is 0 Å². The number of rotatable bonds is 17. The summed E-state index contributed by atoms with van der Waals surface area (Å²) in [5, 5.41) is 0. The highest BCUT2D eigenvalue weighted by atomic mass is 16.5. The fraction of sp³-hybridized carbons (Fsp3) is 0.750. The molecule has 0 aromatic carbocycles. The van der Waals surface area contributed by atoms with Crippen molar-refractivity contribution in [1.29, 1.82) is 0 Å². The Kier molecular flexibility index (Phi) is 13.4. The maximum absolute atomic E-state index is 12.1. The fourth-order valence-corrected chi connectivity index (χ4v) is 3.75. The molecule has 0 aromatic rings. The molecule has 0 spiro atoms. The van der Waals surface area contributed by atoms with Gasteiger partial charge in [-0.15, -0.1) is 0 Å². The molecule has 1 aliphatic carbocycles. The van der Waals surface area contributed by atoms with Crippen molar-refractivity contribution in [3.63, 3.8) is 0 Å².